The minimum absolute atomic E-state index is 0.391. The quantitative estimate of drug-likeness (QED) is 0.864. The third-order valence-electron chi connectivity index (χ3n) is 3.13. The lowest BCUT2D eigenvalue weighted by Crippen LogP contribution is -2.17. The predicted octanol–water partition coefficient (Wildman–Crippen LogP) is 4.63. The van der Waals surface area contributed by atoms with Gasteiger partial charge in [-0.3, -0.25) is 0 Å². The molecule has 3 heteroatoms. The lowest BCUT2D eigenvalue weighted by atomic mass is 10.0. The molecule has 0 aliphatic heterocycles. The highest BCUT2D eigenvalue weighted by Crippen LogP contribution is 2.32. The first-order valence-corrected chi connectivity index (χ1v) is 7.69. The van der Waals surface area contributed by atoms with Crippen LogP contribution in [-0.2, 0) is 6.42 Å². The molecule has 96 valence electrons. The number of hydrogen-bond acceptors (Lipinski definition) is 2. The van der Waals surface area contributed by atoms with Crippen molar-refractivity contribution >= 4 is 27.3 Å². The zero-order valence-electron chi connectivity index (χ0n) is 11.0. The molecule has 0 radical (unpaired) electrons. The van der Waals surface area contributed by atoms with E-state index in [9.17, 15) is 0 Å². The van der Waals surface area contributed by atoms with Crippen molar-refractivity contribution < 1.29 is 0 Å². The smallest absolute Gasteiger partial charge is 0.0453 e. The summed E-state index contributed by atoms with van der Waals surface area (Å²) >= 11 is 5.45. The van der Waals surface area contributed by atoms with E-state index in [2.05, 4.69) is 65.4 Å². The summed E-state index contributed by atoms with van der Waals surface area (Å²) in [4.78, 5) is 2.73. The molecule has 2 rings (SSSR count). The molecule has 1 aromatic carbocycles. The van der Waals surface area contributed by atoms with Crippen molar-refractivity contribution in [2.45, 2.75) is 26.3 Å². The van der Waals surface area contributed by atoms with E-state index in [-0.39, 0.29) is 0 Å². The molecule has 0 saturated heterocycles. The van der Waals surface area contributed by atoms with E-state index in [1.807, 2.05) is 18.4 Å². The maximum Gasteiger partial charge on any atom is 0.0453 e. The number of halogens is 1. The number of thiophene rings is 1. The Hall–Kier alpha value is -0.640. The summed E-state index contributed by atoms with van der Waals surface area (Å²) in [5.74, 6) is 0. The van der Waals surface area contributed by atoms with Gasteiger partial charge in [-0.1, -0.05) is 29.8 Å². The van der Waals surface area contributed by atoms with Crippen LogP contribution >= 0.6 is 27.3 Å². The second kappa shape index (κ2) is 6.00. The van der Waals surface area contributed by atoms with E-state index in [1.165, 1.54) is 25.4 Å². The molecule has 0 aliphatic rings. The van der Waals surface area contributed by atoms with Crippen LogP contribution in [0.4, 0.5) is 0 Å². The number of nitrogens with one attached hydrogen (secondary N) is 1. The standard InChI is InChI=1S/C15H18BrNS/c1-10-4-6-12(7-5-10)8-14(17-3)15-9-13(16)11(2)18-15/h4-7,9,14,17H,8H2,1-3H3. The summed E-state index contributed by atoms with van der Waals surface area (Å²) in [6.45, 7) is 4.27. The van der Waals surface area contributed by atoms with E-state index >= 15 is 0 Å². The van der Waals surface area contributed by atoms with Gasteiger partial charge in [-0.25, -0.2) is 0 Å². The highest BCUT2D eigenvalue weighted by Gasteiger charge is 2.14. The van der Waals surface area contributed by atoms with Gasteiger partial charge >= 0.3 is 0 Å². The van der Waals surface area contributed by atoms with Gasteiger partial charge in [0.1, 0.15) is 0 Å². The van der Waals surface area contributed by atoms with Crippen molar-refractivity contribution in [3.63, 3.8) is 0 Å². The minimum atomic E-state index is 0.391. The van der Waals surface area contributed by atoms with Crippen molar-refractivity contribution in [1.29, 1.82) is 0 Å². The molecular weight excluding hydrogens is 306 g/mol. The third-order valence-corrected chi connectivity index (χ3v) is 5.38. The molecule has 0 amide bonds. The zero-order chi connectivity index (χ0) is 13.1. The van der Waals surface area contributed by atoms with E-state index in [0.717, 1.165) is 6.42 Å². The Labute approximate surface area is 121 Å². The number of aryl methyl sites for hydroxylation is 2. The van der Waals surface area contributed by atoms with Gasteiger partial charge in [-0.05, 0) is 54.9 Å². The molecule has 0 fully saturated rings. The molecule has 0 spiro atoms. The predicted molar refractivity (Wildman–Crippen MR) is 83.4 cm³/mol. The topological polar surface area (TPSA) is 12.0 Å². The van der Waals surface area contributed by atoms with Crippen LogP contribution in [0, 0.1) is 13.8 Å². The van der Waals surface area contributed by atoms with Crippen molar-refractivity contribution in [3.05, 3.63) is 55.7 Å². The Bertz CT molecular complexity index is 496. The zero-order valence-corrected chi connectivity index (χ0v) is 13.4. The van der Waals surface area contributed by atoms with Gasteiger partial charge in [-0.2, -0.15) is 0 Å². The second-order valence-electron chi connectivity index (χ2n) is 4.58. The lowest BCUT2D eigenvalue weighted by Gasteiger charge is -2.14. The monoisotopic (exact) mass is 323 g/mol. The molecule has 18 heavy (non-hydrogen) atoms. The summed E-state index contributed by atoms with van der Waals surface area (Å²) in [6.07, 6.45) is 1.03. The fourth-order valence-corrected chi connectivity index (χ4v) is 3.63. The SMILES string of the molecule is CNC(Cc1ccc(C)cc1)c1cc(Br)c(C)s1. The number of likely N-dealkylation sites (N-methyl/N-ethyl adjacent to an activating group) is 1. The normalized spacial score (nSPS) is 12.7. The number of benzene rings is 1. The molecule has 1 atom stereocenters. The van der Waals surface area contributed by atoms with Gasteiger partial charge in [0.05, 0.1) is 0 Å². The van der Waals surface area contributed by atoms with Crippen molar-refractivity contribution in [2.75, 3.05) is 7.05 Å². The molecule has 1 unspecified atom stereocenters. The van der Waals surface area contributed by atoms with E-state index in [0.29, 0.717) is 6.04 Å². The Morgan fingerprint density at radius 2 is 1.89 bits per heavy atom. The van der Waals surface area contributed by atoms with Gasteiger partial charge in [0.2, 0.25) is 0 Å². The van der Waals surface area contributed by atoms with Crippen LogP contribution in [0.1, 0.15) is 26.9 Å². The molecule has 2 aromatic rings. The van der Waals surface area contributed by atoms with Gasteiger partial charge in [0, 0.05) is 20.3 Å². The average molecular weight is 324 g/mol. The first kappa shape index (κ1) is 13.8. The summed E-state index contributed by atoms with van der Waals surface area (Å²) in [5.41, 5.74) is 2.69. The third kappa shape index (κ3) is 3.22. The van der Waals surface area contributed by atoms with Crippen LogP contribution in [-0.4, -0.2) is 7.05 Å². The summed E-state index contributed by atoms with van der Waals surface area (Å²) in [6, 6.07) is 11.4. The molecule has 0 aliphatic carbocycles. The van der Waals surface area contributed by atoms with Crippen LogP contribution in [0.3, 0.4) is 0 Å². The Morgan fingerprint density at radius 1 is 1.22 bits per heavy atom. The van der Waals surface area contributed by atoms with Crippen LogP contribution in [0.25, 0.3) is 0 Å². The molecular formula is C15H18BrNS. The maximum atomic E-state index is 3.59. The van der Waals surface area contributed by atoms with E-state index in [4.69, 9.17) is 0 Å². The van der Waals surface area contributed by atoms with Gasteiger partial charge in [0.15, 0.2) is 0 Å². The fourth-order valence-electron chi connectivity index (χ4n) is 1.96. The van der Waals surface area contributed by atoms with Crippen molar-refractivity contribution in [3.8, 4) is 0 Å². The van der Waals surface area contributed by atoms with Crippen LogP contribution < -0.4 is 5.32 Å². The summed E-state index contributed by atoms with van der Waals surface area (Å²) in [7, 11) is 2.03. The minimum Gasteiger partial charge on any atom is -0.312 e. The highest BCUT2D eigenvalue weighted by atomic mass is 79.9. The highest BCUT2D eigenvalue weighted by molar-refractivity contribution is 9.10. The van der Waals surface area contributed by atoms with Gasteiger partial charge in [0.25, 0.3) is 0 Å². The van der Waals surface area contributed by atoms with Crippen molar-refractivity contribution in [1.82, 2.24) is 5.32 Å². The first-order valence-electron chi connectivity index (χ1n) is 6.09. The second-order valence-corrected chi connectivity index (χ2v) is 6.73. The fraction of sp³-hybridized carbons (Fsp3) is 0.333. The van der Waals surface area contributed by atoms with E-state index in [1.54, 1.807) is 0 Å². The van der Waals surface area contributed by atoms with Crippen LogP contribution in [0.15, 0.2) is 34.8 Å². The molecule has 0 saturated carbocycles. The Morgan fingerprint density at radius 3 is 2.39 bits per heavy atom. The van der Waals surface area contributed by atoms with Crippen molar-refractivity contribution in [2.24, 2.45) is 0 Å². The molecule has 1 N–H and O–H groups in total. The van der Waals surface area contributed by atoms with Gasteiger partial charge < -0.3 is 5.32 Å². The van der Waals surface area contributed by atoms with E-state index < -0.39 is 0 Å². The molecule has 1 nitrogen and oxygen atoms in total. The largest absolute Gasteiger partial charge is 0.312 e. The summed E-state index contributed by atoms with van der Waals surface area (Å²) < 4.78 is 1.21. The lowest BCUT2D eigenvalue weighted by molar-refractivity contribution is 0.602. The van der Waals surface area contributed by atoms with Crippen LogP contribution in [0.2, 0.25) is 0 Å². The average Bonchev–Trinajstić information content (AvgIpc) is 2.69. The molecule has 1 heterocycles. The van der Waals surface area contributed by atoms with Crippen LogP contribution in [0.5, 0.6) is 0 Å². The van der Waals surface area contributed by atoms with Gasteiger partial charge in [-0.15, -0.1) is 11.3 Å². The maximum absolute atomic E-state index is 3.59. The molecule has 1 aromatic heterocycles. The molecule has 0 bridgehead atoms. The number of hydrogen-bond donors (Lipinski definition) is 1. The number of rotatable bonds is 4. The summed E-state index contributed by atoms with van der Waals surface area (Å²) in [5, 5.41) is 3.41. The Kier molecular flexibility index (Phi) is 4.60. The first-order chi connectivity index (χ1) is 8.60. The Balaban J connectivity index is 2.16.